The topological polar surface area (TPSA) is 89.7 Å². The summed E-state index contributed by atoms with van der Waals surface area (Å²) in [6, 6.07) is 7.69. The number of aromatic nitrogens is 4. The number of nitrogens with zero attached hydrogens (tertiary/aromatic N) is 3. The van der Waals surface area contributed by atoms with Crippen LogP contribution < -0.4 is 10.5 Å². The van der Waals surface area contributed by atoms with Gasteiger partial charge in [0.05, 0.1) is 6.20 Å². The highest BCUT2D eigenvalue weighted by atomic mass is 16.5. The van der Waals surface area contributed by atoms with E-state index in [0.29, 0.717) is 16.9 Å². The van der Waals surface area contributed by atoms with Crippen LogP contribution in [0.1, 0.15) is 5.56 Å². The molecule has 6 heteroatoms. The van der Waals surface area contributed by atoms with Gasteiger partial charge < -0.3 is 10.5 Å². The molecule has 90 valence electrons. The van der Waals surface area contributed by atoms with Gasteiger partial charge in [-0.25, -0.2) is 0 Å². The fourth-order valence-electron chi connectivity index (χ4n) is 1.68. The lowest BCUT2D eigenvalue weighted by Gasteiger charge is -2.08. The molecule has 6 nitrogen and oxygen atoms in total. The first kappa shape index (κ1) is 10.5. The summed E-state index contributed by atoms with van der Waals surface area (Å²) in [7, 11) is 0. The van der Waals surface area contributed by atoms with E-state index in [1.165, 1.54) is 0 Å². The van der Waals surface area contributed by atoms with Gasteiger partial charge in [0.2, 0.25) is 11.8 Å². The molecule has 0 saturated carbocycles. The number of H-pyrrole nitrogens is 1. The first-order valence-corrected chi connectivity index (χ1v) is 5.44. The quantitative estimate of drug-likeness (QED) is 0.716. The Morgan fingerprint density at radius 3 is 2.89 bits per heavy atom. The number of ether oxygens (including phenoxy) is 1. The number of hydrogen-bond donors (Lipinski definition) is 2. The van der Waals surface area contributed by atoms with Crippen LogP contribution in [0.25, 0.3) is 11.0 Å². The Morgan fingerprint density at radius 2 is 2.06 bits per heavy atom. The number of aryl methyl sites for hydroxylation is 1. The Bertz CT molecular complexity index is 707. The number of anilines is 1. The minimum absolute atomic E-state index is 0.148. The van der Waals surface area contributed by atoms with Crippen molar-refractivity contribution in [1.29, 1.82) is 0 Å². The molecule has 0 amide bonds. The molecule has 2 heterocycles. The van der Waals surface area contributed by atoms with E-state index in [4.69, 9.17) is 10.5 Å². The number of benzene rings is 1. The number of nitrogens with one attached hydrogen (secondary N) is 1. The molecule has 0 radical (unpaired) electrons. The zero-order chi connectivity index (χ0) is 12.5. The summed E-state index contributed by atoms with van der Waals surface area (Å²) in [6.45, 7) is 1.96. The monoisotopic (exact) mass is 241 g/mol. The third kappa shape index (κ3) is 1.73. The smallest absolute Gasteiger partial charge is 0.235 e. The van der Waals surface area contributed by atoms with E-state index in [2.05, 4.69) is 20.2 Å². The van der Waals surface area contributed by atoms with E-state index < -0.39 is 0 Å². The van der Waals surface area contributed by atoms with E-state index in [0.717, 1.165) is 11.3 Å². The van der Waals surface area contributed by atoms with Crippen LogP contribution in [-0.2, 0) is 0 Å². The van der Waals surface area contributed by atoms with Crippen LogP contribution in [0.15, 0.2) is 30.5 Å². The van der Waals surface area contributed by atoms with Gasteiger partial charge in [0.25, 0.3) is 0 Å². The van der Waals surface area contributed by atoms with Gasteiger partial charge in [-0.1, -0.05) is 18.2 Å². The Morgan fingerprint density at radius 1 is 1.22 bits per heavy atom. The molecule has 0 unspecified atom stereocenters. The number of hydrogen-bond acceptors (Lipinski definition) is 5. The molecule has 0 fully saturated rings. The average molecular weight is 241 g/mol. The van der Waals surface area contributed by atoms with E-state index in [-0.39, 0.29) is 5.95 Å². The van der Waals surface area contributed by atoms with Crippen molar-refractivity contribution in [3.63, 3.8) is 0 Å². The van der Waals surface area contributed by atoms with Crippen molar-refractivity contribution < 1.29 is 4.74 Å². The first-order valence-electron chi connectivity index (χ1n) is 5.44. The predicted octanol–water partition coefficient (Wildman–Crippen LogP) is 2.04. The maximum atomic E-state index is 5.77. The zero-order valence-corrected chi connectivity index (χ0v) is 9.71. The lowest BCUT2D eigenvalue weighted by Crippen LogP contribution is -1.98. The second kappa shape index (κ2) is 3.99. The Labute approximate surface area is 103 Å². The summed E-state index contributed by atoms with van der Waals surface area (Å²) in [5, 5.41) is 7.35. The van der Waals surface area contributed by atoms with Gasteiger partial charge in [0, 0.05) is 0 Å². The van der Waals surface area contributed by atoms with Crippen LogP contribution in [0.5, 0.6) is 11.6 Å². The maximum absolute atomic E-state index is 5.77. The zero-order valence-electron chi connectivity index (χ0n) is 9.71. The predicted molar refractivity (Wildman–Crippen MR) is 67.3 cm³/mol. The van der Waals surface area contributed by atoms with E-state index in [1.54, 1.807) is 6.20 Å². The van der Waals surface area contributed by atoms with Gasteiger partial charge >= 0.3 is 0 Å². The molecule has 18 heavy (non-hydrogen) atoms. The van der Waals surface area contributed by atoms with Crippen LogP contribution in [0, 0.1) is 6.92 Å². The third-order valence-corrected chi connectivity index (χ3v) is 2.59. The van der Waals surface area contributed by atoms with Crippen molar-refractivity contribution in [2.75, 3.05) is 5.73 Å². The number of nitrogen functional groups attached to an aromatic ring is 1. The largest absolute Gasteiger partial charge is 0.438 e. The van der Waals surface area contributed by atoms with Crippen molar-refractivity contribution in [2.24, 2.45) is 0 Å². The summed E-state index contributed by atoms with van der Waals surface area (Å²) in [4.78, 5) is 8.12. The lowest BCUT2D eigenvalue weighted by molar-refractivity contribution is 0.465. The summed E-state index contributed by atoms with van der Waals surface area (Å²) in [6.07, 6.45) is 1.61. The number of nitrogens with two attached hydrogens (primary N) is 1. The van der Waals surface area contributed by atoms with Gasteiger partial charge in [-0.2, -0.15) is 15.1 Å². The fraction of sp³-hybridized carbons (Fsp3) is 0.0833. The van der Waals surface area contributed by atoms with Crippen LogP contribution in [0.3, 0.4) is 0 Å². The number of para-hydroxylation sites is 1. The number of rotatable bonds is 2. The van der Waals surface area contributed by atoms with Crippen LogP contribution in [0.4, 0.5) is 5.95 Å². The molecule has 0 aliphatic rings. The molecule has 1 aromatic carbocycles. The second-order valence-corrected chi connectivity index (χ2v) is 3.89. The van der Waals surface area contributed by atoms with Crippen LogP contribution >= 0.6 is 0 Å². The molecular weight excluding hydrogens is 230 g/mol. The molecule has 0 aliphatic carbocycles. The van der Waals surface area contributed by atoms with Crippen molar-refractivity contribution in [1.82, 2.24) is 20.2 Å². The first-order chi connectivity index (χ1) is 8.74. The highest BCUT2D eigenvalue weighted by Crippen LogP contribution is 2.28. The minimum Gasteiger partial charge on any atom is -0.438 e. The Kier molecular flexibility index (Phi) is 2.33. The van der Waals surface area contributed by atoms with Crippen molar-refractivity contribution in [2.45, 2.75) is 6.92 Å². The SMILES string of the molecule is Cc1ccccc1Oc1nc(N)nc2[nH]ncc12. The molecule has 3 N–H and O–H groups in total. The number of fused-ring (bicyclic) bond motifs is 1. The van der Waals surface area contributed by atoms with Gasteiger partial charge in [0.1, 0.15) is 11.1 Å². The molecular formula is C12H11N5O. The van der Waals surface area contributed by atoms with E-state index in [1.807, 2.05) is 31.2 Å². The fourth-order valence-corrected chi connectivity index (χ4v) is 1.68. The van der Waals surface area contributed by atoms with Crippen LogP contribution in [0.2, 0.25) is 0 Å². The second-order valence-electron chi connectivity index (χ2n) is 3.89. The summed E-state index contributed by atoms with van der Waals surface area (Å²) >= 11 is 0. The van der Waals surface area contributed by atoms with Gasteiger partial charge in [-0.15, -0.1) is 0 Å². The van der Waals surface area contributed by atoms with E-state index in [9.17, 15) is 0 Å². The van der Waals surface area contributed by atoms with Gasteiger partial charge in [-0.05, 0) is 18.6 Å². The Hall–Kier alpha value is -2.63. The highest BCUT2D eigenvalue weighted by Gasteiger charge is 2.10. The summed E-state index contributed by atoms with van der Waals surface area (Å²) < 4.78 is 5.77. The van der Waals surface area contributed by atoms with Crippen molar-refractivity contribution in [3.05, 3.63) is 36.0 Å². The van der Waals surface area contributed by atoms with Crippen molar-refractivity contribution in [3.8, 4) is 11.6 Å². The van der Waals surface area contributed by atoms with Crippen molar-refractivity contribution >= 4 is 17.0 Å². The Balaban J connectivity index is 2.10. The third-order valence-electron chi connectivity index (χ3n) is 2.59. The van der Waals surface area contributed by atoms with Gasteiger partial charge in [0.15, 0.2) is 5.65 Å². The molecule has 3 rings (SSSR count). The van der Waals surface area contributed by atoms with E-state index >= 15 is 0 Å². The van der Waals surface area contributed by atoms with Gasteiger partial charge in [-0.3, -0.25) is 5.10 Å². The molecule has 0 bridgehead atoms. The molecule has 0 aliphatic heterocycles. The lowest BCUT2D eigenvalue weighted by atomic mass is 10.2. The molecule has 0 saturated heterocycles. The van der Waals surface area contributed by atoms with Crippen LogP contribution in [-0.4, -0.2) is 20.2 Å². The highest BCUT2D eigenvalue weighted by molar-refractivity contribution is 5.80. The standard InChI is InChI=1S/C12H11N5O/c1-7-4-2-3-5-9(7)18-11-8-6-14-17-10(8)15-12(13)16-11/h2-6H,1H3,(H3,13,14,15,16,17). The average Bonchev–Trinajstić information content (AvgIpc) is 2.80. The normalized spacial score (nSPS) is 10.7. The molecule has 0 atom stereocenters. The molecule has 0 spiro atoms. The molecule has 3 aromatic rings. The molecule has 2 aromatic heterocycles. The minimum atomic E-state index is 0.148. The maximum Gasteiger partial charge on any atom is 0.235 e. The summed E-state index contributed by atoms with van der Waals surface area (Å²) in [5.74, 6) is 1.29. The summed E-state index contributed by atoms with van der Waals surface area (Å²) in [5.41, 5.74) is 7.21. The number of aromatic amines is 1.